The largest absolute Gasteiger partial charge is 0.472 e. The van der Waals surface area contributed by atoms with Crippen LogP contribution in [0.15, 0.2) is 47.3 Å². The van der Waals surface area contributed by atoms with Gasteiger partial charge in [-0.05, 0) is 30.7 Å². The maximum Gasteiger partial charge on any atom is 0.248 e. The molecule has 0 fully saturated rings. The van der Waals surface area contributed by atoms with Crippen LogP contribution in [-0.4, -0.2) is 5.91 Å². The van der Waals surface area contributed by atoms with E-state index in [0.29, 0.717) is 12.1 Å². The Morgan fingerprint density at radius 3 is 2.94 bits per heavy atom. The minimum atomic E-state index is -0.403. The molecule has 0 aliphatic rings. The zero-order chi connectivity index (χ0) is 13.0. The summed E-state index contributed by atoms with van der Waals surface area (Å²) in [5.74, 6) is -0.403. The van der Waals surface area contributed by atoms with Crippen LogP contribution in [0.3, 0.4) is 0 Å². The van der Waals surface area contributed by atoms with E-state index < -0.39 is 5.91 Å². The number of carbonyl (C=O) groups is 1. The second-order valence-electron chi connectivity index (χ2n) is 4.22. The Morgan fingerprint density at radius 1 is 1.44 bits per heavy atom. The maximum atomic E-state index is 11.1. The highest BCUT2D eigenvalue weighted by atomic mass is 16.3. The van der Waals surface area contributed by atoms with Crippen molar-refractivity contribution in [3.05, 3.63) is 59.5 Å². The molecule has 0 saturated heterocycles. The second-order valence-corrected chi connectivity index (χ2v) is 4.22. The third-order valence-electron chi connectivity index (χ3n) is 2.87. The molecule has 2 rings (SSSR count). The van der Waals surface area contributed by atoms with Crippen molar-refractivity contribution in [2.75, 3.05) is 0 Å². The molecular formula is C14H16N2O2. The molecule has 1 heterocycles. The van der Waals surface area contributed by atoms with Gasteiger partial charge in [0, 0.05) is 23.7 Å². The number of primary amides is 1. The Morgan fingerprint density at radius 2 is 2.28 bits per heavy atom. The van der Waals surface area contributed by atoms with Crippen LogP contribution in [0.4, 0.5) is 0 Å². The van der Waals surface area contributed by atoms with Crippen molar-refractivity contribution in [1.29, 1.82) is 0 Å². The van der Waals surface area contributed by atoms with E-state index in [9.17, 15) is 4.79 Å². The van der Waals surface area contributed by atoms with Gasteiger partial charge in [-0.3, -0.25) is 4.79 Å². The average molecular weight is 244 g/mol. The predicted octanol–water partition coefficient (Wildman–Crippen LogP) is 2.23. The van der Waals surface area contributed by atoms with Gasteiger partial charge in [0.05, 0.1) is 12.5 Å². The van der Waals surface area contributed by atoms with E-state index in [1.165, 1.54) is 0 Å². The van der Waals surface area contributed by atoms with Crippen LogP contribution in [0.5, 0.6) is 0 Å². The van der Waals surface area contributed by atoms with Gasteiger partial charge < -0.3 is 15.5 Å². The lowest BCUT2D eigenvalue weighted by Gasteiger charge is -2.12. The molecule has 18 heavy (non-hydrogen) atoms. The summed E-state index contributed by atoms with van der Waals surface area (Å²) in [6.45, 7) is 2.73. The van der Waals surface area contributed by atoms with Gasteiger partial charge >= 0.3 is 0 Å². The minimum Gasteiger partial charge on any atom is -0.472 e. The molecule has 1 unspecified atom stereocenters. The van der Waals surface area contributed by atoms with Crippen LogP contribution in [0, 0.1) is 0 Å². The van der Waals surface area contributed by atoms with E-state index >= 15 is 0 Å². The van der Waals surface area contributed by atoms with Crippen molar-refractivity contribution in [1.82, 2.24) is 5.32 Å². The van der Waals surface area contributed by atoms with Crippen LogP contribution in [0.1, 0.15) is 34.5 Å². The van der Waals surface area contributed by atoms with Crippen LogP contribution >= 0.6 is 0 Å². The quantitative estimate of drug-likeness (QED) is 0.847. The number of nitrogens with one attached hydrogen (secondary N) is 1. The molecule has 0 aliphatic heterocycles. The Hall–Kier alpha value is -2.07. The Kier molecular flexibility index (Phi) is 3.79. The summed E-state index contributed by atoms with van der Waals surface area (Å²) in [4.78, 5) is 11.1. The van der Waals surface area contributed by atoms with Gasteiger partial charge in [-0.1, -0.05) is 12.1 Å². The molecule has 4 heteroatoms. The Balaban J connectivity index is 1.98. The lowest BCUT2D eigenvalue weighted by molar-refractivity contribution is 0.1000. The number of hydrogen-bond acceptors (Lipinski definition) is 3. The van der Waals surface area contributed by atoms with E-state index in [1.807, 2.05) is 18.2 Å². The van der Waals surface area contributed by atoms with Crippen molar-refractivity contribution in [3.8, 4) is 0 Å². The van der Waals surface area contributed by atoms with Crippen molar-refractivity contribution >= 4 is 5.91 Å². The molecule has 0 saturated carbocycles. The van der Waals surface area contributed by atoms with Gasteiger partial charge in [-0.15, -0.1) is 0 Å². The molecule has 0 bridgehead atoms. The predicted molar refractivity (Wildman–Crippen MR) is 68.9 cm³/mol. The molecule has 0 aliphatic carbocycles. The zero-order valence-corrected chi connectivity index (χ0v) is 10.2. The van der Waals surface area contributed by atoms with Crippen LogP contribution < -0.4 is 11.1 Å². The minimum absolute atomic E-state index is 0.195. The highest BCUT2D eigenvalue weighted by Gasteiger charge is 2.06. The molecule has 1 amide bonds. The first-order chi connectivity index (χ1) is 8.66. The third kappa shape index (κ3) is 2.99. The molecule has 94 valence electrons. The molecule has 1 aromatic heterocycles. The molecule has 4 nitrogen and oxygen atoms in total. The van der Waals surface area contributed by atoms with Gasteiger partial charge in [0.1, 0.15) is 0 Å². The first-order valence-electron chi connectivity index (χ1n) is 5.81. The van der Waals surface area contributed by atoms with Crippen molar-refractivity contribution in [3.63, 3.8) is 0 Å². The summed E-state index contributed by atoms with van der Waals surface area (Å²) >= 11 is 0. The monoisotopic (exact) mass is 244 g/mol. The lowest BCUT2D eigenvalue weighted by Crippen LogP contribution is -2.18. The van der Waals surface area contributed by atoms with Crippen LogP contribution in [0.2, 0.25) is 0 Å². The van der Waals surface area contributed by atoms with Crippen molar-refractivity contribution in [2.24, 2.45) is 5.73 Å². The summed E-state index contributed by atoms with van der Waals surface area (Å²) in [5.41, 5.74) is 7.90. The normalized spacial score (nSPS) is 12.3. The van der Waals surface area contributed by atoms with E-state index in [4.69, 9.17) is 10.2 Å². The molecular weight excluding hydrogens is 228 g/mol. The fourth-order valence-corrected chi connectivity index (χ4v) is 1.74. The van der Waals surface area contributed by atoms with Crippen molar-refractivity contribution < 1.29 is 9.21 Å². The van der Waals surface area contributed by atoms with Gasteiger partial charge in [-0.25, -0.2) is 0 Å². The number of nitrogens with two attached hydrogens (primary N) is 1. The zero-order valence-electron chi connectivity index (χ0n) is 10.2. The maximum absolute atomic E-state index is 11.1. The Labute approximate surface area is 106 Å². The van der Waals surface area contributed by atoms with Gasteiger partial charge in [0.15, 0.2) is 0 Å². The van der Waals surface area contributed by atoms with Gasteiger partial charge in [0.25, 0.3) is 0 Å². The SMILES string of the molecule is CC(NCc1cccc(C(N)=O)c1)c1ccoc1. The number of amides is 1. The van der Waals surface area contributed by atoms with E-state index in [0.717, 1.165) is 11.1 Å². The van der Waals surface area contributed by atoms with E-state index in [2.05, 4.69) is 12.2 Å². The smallest absolute Gasteiger partial charge is 0.248 e. The summed E-state index contributed by atoms with van der Waals surface area (Å²) < 4.78 is 5.04. The number of benzene rings is 1. The molecule has 1 aromatic carbocycles. The summed E-state index contributed by atoms with van der Waals surface area (Å²) in [6, 6.07) is 9.43. The third-order valence-corrected chi connectivity index (χ3v) is 2.87. The Bertz CT molecular complexity index is 520. The average Bonchev–Trinajstić information content (AvgIpc) is 2.90. The topological polar surface area (TPSA) is 68.3 Å². The fraction of sp³-hybridized carbons (Fsp3) is 0.214. The number of carbonyl (C=O) groups excluding carboxylic acids is 1. The lowest BCUT2D eigenvalue weighted by atomic mass is 10.1. The highest BCUT2D eigenvalue weighted by molar-refractivity contribution is 5.92. The number of rotatable bonds is 5. The summed E-state index contributed by atoms with van der Waals surface area (Å²) in [5, 5.41) is 3.36. The number of furan rings is 1. The molecule has 0 spiro atoms. The van der Waals surface area contributed by atoms with E-state index in [-0.39, 0.29) is 6.04 Å². The van der Waals surface area contributed by atoms with Crippen LogP contribution in [-0.2, 0) is 6.54 Å². The van der Waals surface area contributed by atoms with Gasteiger partial charge in [0.2, 0.25) is 5.91 Å². The molecule has 1 atom stereocenters. The summed E-state index contributed by atoms with van der Waals surface area (Å²) in [6.07, 6.45) is 3.37. The standard InChI is InChI=1S/C14H16N2O2/c1-10(13-5-6-18-9-13)16-8-11-3-2-4-12(7-11)14(15)17/h2-7,9-10,16H,8H2,1H3,(H2,15,17). The highest BCUT2D eigenvalue weighted by Crippen LogP contribution is 2.13. The van der Waals surface area contributed by atoms with Crippen molar-refractivity contribution in [2.45, 2.75) is 19.5 Å². The molecule has 3 N–H and O–H groups in total. The molecule has 0 radical (unpaired) electrons. The first kappa shape index (κ1) is 12.4. The molecule has 2 aromatic rings. The number of hydrogen-bond donors (Lipinski definition) is 2. The van der Waals surface area contributed by atoms with Crippen LogP contribution in [0.25, 0.3) is 0 Å². The van der Waals surface area contributed by atoms with E-state index in [1.54, 1.807) is 24.7 Å². The first-order valence-corrected chi connectivity index (χ1v) is 5.81. The second kappa shape index (κ2) is 5.51. The fourth-order valence-electron chi connectivity index (χ4n) is 1.74. The summed E-state index contributed by atoms with van der Waals surface area (Å²) in [7, 11) is 0. The van der Waals surface area contributed by atoms with Gasteiger partial charge in [-0.2, -0.15) is 0 Å².